The largest absolute Gasteiger partial charge is 0.545 e. The number of carboxylic acids is 1. The highest BCUT2D eigenvalue weighted by atomic mass is 16.7. The predicted octanol–water partition coefficient (Wildman–Crippen LogP) is 21.5. The number of hydrogen-bond donors (Lipinski definition) is 0. The average molecular weight is 1220 g/mol. The van der Waals surface area contributed by atoms with Crippen molar-refractivity contribution in [1.29, 1.82) is 0 Å². The Morgan fingerprint density at radius 1 is 0.356 bits per heavy atom. The van der Waals surface area contributed by atoms with Gasteiger partial charge in [-0.1, -0.05) is 310 Å². The normalized spacial score (nSPS) is 13.3. The van der Waals surface area contributed by atoms with Gasteiger partial charge in [-0.05, 0) is 96.3 Å². The summed E-state index contributed by atoms with van der Waals surface area (Å²) >= 11 is 0. The van der Waals surface area contributed by atoms with Gasteiger partial charge >= 0.3 is 11.9 Å². The summed E-state index contributed by atoms with van der Waals surface area (Å²) in [6.07, 6.45) is 90.6. The van der Waals surface area contributed by atoms with Gasteiger partial charge in [0.2, 0.25) is 0 Å². The van der Waals surface area contributed by atoms with Gasteiger partial charge in [0.05, 0.1) is 40.3 Å². The molecule has 0 aliphatic carbocycles. The number of esters is 2. The summed E-state index contributed by atoms with van der Waals surface area (Å²) < 4.78 is 22.8. The maximum absolute atomic E-state index is 12.9. The van der Waals surface area contributed by atoms with E-state index in [1.807, 2.05) is 21.1 Å². The highest BCUT2D eigenvalue weighted by Gasteiger charge is 2.22. The predicted molar refractivity (Wildman–Crippen MR) is 371 cm³/mol. The Hall–Kier alpha value is -3.79. The Morgan fingerprint density at radius 3 is 0.977 bits per heavy atom. The Kier molecular flexibility index (Phi) is 65.2. The molecular formula is C78H137NO8. The van der Waals surface area contributed by atoms with Crippen LogP contribution in [0.2, 0.25) is 0 Å². The average Bonchev–Trinajstić information content (AvgIpc) is 3.59. The fourth-order valence-corrected chi connectivity index (χ4v) is 10.3. The first-order valence-corrected chi connectivity index (χ1v) is 36.4. The molecule has 0 N–H and O–H groups in total. The van der Waals surface area contributed by atoms with Gasteiger partial charge in [0.1, 0.15) is 13.2 Å². The lowest BCUT2D eigenvalue weighted by Crippen LogP contribution is -2.44. The number of carbonyl (C=O) groups is 3. The van der Waals surface area contributed by atoms with E-state index in [-0.39, 0.29) is 32.2 Å². The molecule has 0 aliphatic rings. The van der Waals surface area contributed by atoms with Crippen molar-refractivity contribution in [2.24, 2.45) is 0 Å². The second-order valence-electron chi connectivity index (χ2n) is 25.5. The number of aliphatic carboxylic acids is 1. The number of carboxylic acid groups (broad SMARTS) is 1. The Bertz CT molecular complexity index is 1750. The number of carbonyl (C=O) groups excluding carboxylic acids is 3. The van der Waals surface area contributed by atoms with E-state index >= 15 is 0 Å². The fourth-order valence-electron chi connectivity index (χ4n) is 10.3. The minimum absolute atomic E-state index is 0.146. The number of allylic oxidation sites excluding steroid dienone is 16. The zero-order chi connectivity index (χ0) is 63.3. The monoisotopic (exact) mass is 1220 g/mol. The van der Waals surface area contributed by atoms with Gasteiger partial charge in [-0.3, -0.25) is 9.59 Å². The van der Waals surface area contributed by atoms with Crippen molar-refractivity contribution in [2.45, 2.75) is 334 Å². The van der Waals surface area contributed by atoms with Crippen molar-refractivity contribution in [3.05, 3.63) is 97.2 Å². The van der Waals surface area contributed by atoms with Gasteiger partial charge in [-0.2, -0.15) is 0 Å². The zero-order valence-corrected chi connectivity index (χ0v) is 57.4. The Morgan fingerprint density at radius 2 is 0.655 bits per heavy atom. The van der Waals surface area contributed by atoms with E-state index in [9.17, 15) is 19.5 Å². The zero-order valence-electron chi connectivity index (χ0n) is 57.4. The van der Waals surface area contributed by atoms with Crippen LogP contribution in [0.15, 0.2) is 97.2 Å². The number of unbranched alkanes of at least 4 members (excludes halogenated alkanes) is 36. The standard InChI is InChI=1S/C78H137NO8/c1-6-8-10-12-14-16-18-20-22-24-26-28-30-32-34-36-37-38-39-41-43-45-47-49-51-53-55-57-59-61-63-65-67-69-76(81)87-74(73-86-78(77(82)83)84-71-70-79(3,4)5)72-85-75(80)68-66-64-62-60-58-56-54-52-50-48-46-44-42-40-35-33-31-29-27-25-23-21-19-17-15-13-11-9-7-2/h8,10,14,16,19-22,25-28,32,34,37-38,74,78H,6-7,9,11-13,15,17-18,23-24,29-31,33,35-36,39-73H2,1-5H3/b10-8-,16-14-,21-19-,22-20-,27-25-,28-26-,34-32-,38-37-. The third-order valence-electron chi connectivity index (χ3n) is 15.8. The second-order valence-corrected chi connectivity index (χ2v) is 25.5. The van der Waals surface area contributed by atoms with Crippen LogP contribution >= 0.6 is 0 Å². The van der Waals surface area contributed by atoms with Crippen LogP contribution in [0.25, 0.3) is 0 Å². The molecule has 0 saturated carbocycles. The fraction of sp³-hybridized carbons (Fsp3) is 0.756. The van der Waals surface area contributed by atoms with Crippen LogP contribution in [0.5, 0.6) is 0 Å². The molecule has 0 aromatic carbocycles. The SMILES string of the molecule is CC/C=C\C/C=C\C/C=C\C/C=C\C/C=C\C/C=C\CCCCCCCCCCCCCCCCC(=O)OC(COC(=O)CCCCCCCCCCCCCCCCCCC/C=C\C/C=C\CCCCCCC)COC(OCC[N+](C)(C)C)C(=O)[O-]. The summed E-state index contributed by atoms with van der Waals surface area (Å²) in [4.78, 5) is 37.5. The van der Waals surface area contributed by atoms with E-state index in [0.717, 1.165) is 83.5 Å². The van der Waals surface area contributed by atoms with Gasteiger partial charge in [-0.15, -0.1) is 0 Å². The van der Waals surface area contributed by atoms with Crippen molar-refractivity contribution in [3.8, 4) is 0 Å². The van der Waals surface area contributed by atoms with Crippen molar-refractivity contribution in [1.82, 2.24) is 0 Å². The summed E-state index contributed by atoms with van der Waals surface area (Å²) in [6, 6.07) is 0. The smallest absolute Gasteiger partial charge is 0.306 e. The summed E-state index contributed by atoms with van der Waals surface area (Å²) in [5.41, 5.74) is 0. The lowest BCUT2D eigenvalue weighted by atomic mass is 10.0. The molecule has 0 radical (unpaired) electrons. The molecule has 0 bridgehead atoms. The van der Waals surface area contributed by atoms with E-state index in [1.165, 1.54) is 205 Å². The third kappa shape index (κ3) is 69.5. The van der Waals surface area contributed by atoms with Crippen molar-refractivity contribution >= 4 is 17.9 Å². The maximum Gasteiger partial charge on any atom is 0.306 e. The van der Waals surface area contributed by atoms with E-state index in [2.05, 4.69) is 111 Å². The van der Waals surface area contributed by atoms with Gasteiger partial charge < -0.3 is 33.3 Å². The molecule has 0 fully saturated rings. The number of likely N-dealkylation sites (N-methyl/N-ethyl adjacent to an activating group) is 1. The summed E-state index contributed by atoms with van der Waals surface area (Å²) in [5, 5.41) is 11.8. The molecule has 0 aromatic rings. The molecule has 0 saturated heterocycles. The van der Waals surface area contributed by atoms with E-state index in [1.54, 1.807) is 0 Å². The summed E-state index contributed by atoms with van der Waals surface area (Å²) in [5.74, 6) is -2.27. The highest BCUT2D eigenvalue weighted by molar-refractivity contribution is 5.70. The number of nitrogens with zero attached hydrogens (tertiary/aromatic N) is 1. The molecule has 9 nitrogen and oxygen atoms in total. The van der Waals surface area contributed by atoms with E-state index < -0.39 is 24.3 Å². The lowest BCUT2D eigenvalue weighted by molar-refractivity contribution is -0.870. The van der Waals surface area contributed by atoms with Crippen molar-refractivity contribution in [3.63, 3.8) is 0 Å². The van der Waals surface area contributed by atoms with Crippen molar-refractivity contribution < 1.29 is 42.9 Å². The third-order valence-corrected chi connectivity index (χ3v) is 15.8. The maximum atomic E-state index is 12.9. The number of quaternary nitrogens is 1. The molecule has 0 aromatic heterocycles. The minimum Gasteiger partial charge on any atom is -0.545 e. The van der Waals surface area contributed by atoms with Gasteiger partial charge in [0.25, 0.3) is 0 Å². The first-order chi connectivity index (χ1) is 42.6. The molecular weight excluding hydrogens is 1080 g/mol. The first-order valence-electron chi connectivity index (χ1n) is 36.4. The number of hydrogen-bond acceptors (Lipinski definition) is 8. The highest BCUT2D eigenvalue weighted by Crippen LogP contribution is 2.18. The number of ether oxygens (including phenoxy) is 4. The molecule has 0 rings (SSSR count). The molecule has 0 heterocycles. The molecule has 9 heteroatoms. The van der Waals surface area contributed by atoms with Crippen molar-refractivity contribution in [2.75, 3.05) is 47.5 Å². The van der Waals surface area contributed by atoms with Crippen LogP contribution in [0.1, 0.15) is 322 Å². The van der Waals surface area contributed by atoms with Crippen LogP contribution in [-0.2, 0) is 33.3 Å². The van der Waals surface area contributed by atoms with E-state index in [4.69, 9.17) is 18.9 Å². The number of rotatable bonds is 67. The molecule has 87 heavy (non-hydrogen) atoms. The summed E-state index contributed by atoms with van der Waals surface area (Å²) in [7, 11) is 5.94. The van der Waals surface area contributed by atoms with Gasteiger partial charge in [-0.25, -0.2) is 0 Å². The van der Waals surface area contributed by atoms with Crippen LogP contribution in [0.4, 0.5) is 0 Å². The molecule has 502 valence electrons. The van der Waals surface area contributed by atoms with E-state index in [0.29, 0.717) is 23.9 Å². The topological polar surface area (TPSA) is 111 Å². The summed E-state index contributed by atoms with van der Waals surface area (Å²) in [6.45, 7) is 4.66. The van der Waals surface area contributed by atoms with Crippen LogP contribution < -0.4 is 5.11 Å². The molecule has 0 amide bonds. The molecule has 0 aliphatic heterocycles. The lowest BCUT2D eigenvalue weighted by Gasteiger charge is -2.26. The molecule has 2 atom stereocenters. The minimum atomic E-state index is -1.63. The molecule has 2 unspecified atom stereocenters. The van der Waals surface area contributed by atoms with Gasteiger partial charge in [0, 0.05) is 12.8 Å². The first kappa shape index (κ1) is 83.2. The van der Waals surface area contributed by atoms with Crippen LogP contribution in [0, 0.1) is 0 Å². The quantitative estimate of drug-likeness (QED) is 0.0195. The van der Waals surface area contributed by atoms with Crippen LogP contribution in [-0.4, -0.2) is 82.3 Å². The van der Waals surface area contributed by atoms with Crippen LogP contribution in [0.3, 0.4) is 0 Å². The second kappa shape index (κ2) is 68.1. The Labute approximate surface area is 537 Å². The van der Waals surface area contributed by atoms with Gasteiger partial charge in [0.15, 0.2) is 12.4 Å². The molecule has 0 spiro atoms. The Balaban J connectivity index is 4.09.